The van der Waals surface area contributed by atoms with E-state index in [0.717, 1.165) is 13.0 Å². The van der Waals surface area contributed by atoms with Gasteiger partial charge in [0.05, 0.1) is 0 Å². The Labute approximate surface area is 81.7 Å². The molecule has 74 valence electrons. The van der Waals surface area contributed by atoms with Crippen LogP contribution in [0.3, 0.4) is 0 Å². The lowest BCUT2D eigenvalue weighted by atomic mass is 9.68. The summed E-state index contributed by atoms with van der Waals surface area (Å²) < 4.78 is 0. The number of allylic oxidation sites excluding steroid dienone is 4. The van der Waals surface area contributed by atoms with Crippen LogP contribution < -0.4 is 5.73 Å². The first-order chi connectivity index (χ1) is 6.29. The van der Waals surface area contributed by atoms with Gasteiger partial charge in [0.1, 0.15) is 0 Å². The van der Waals surface area contributed by atoms with Crippen molar-refractivity contribution in [3.8, 4) is 0 Å². The molecule has 0 radical (unpaired) electrons. The minimum Gasteiger partial charge on any atom is -0.330 e. The highest BCUT2D eigenvalue weighted by atomic mass is 14.5. The van der Waals surface area contributed by atoms with Crippen LogP contribution in [-0.4, -0.2) is 6.54 Å². The first-order valence-electron chi connectivity index (χ1n) is 5.35. The van der Waals surface area contributed by atoms with Crippen LogP contribution in [0.25, 0.3) is 0 Å². The molecule has 2 N–H and O–H groups in total. The Hall–Kier alpha value is -0.560. The first-order valence-corrected chi connectivity index (χ1v) is 5.35. The molecule has 0 heterocycles. The fourth-order valence-corrected chi connectivity index (χ4v) is 2.33. The monoisotopic (exact) mass is 179 g/mol. The zero-order chi connectivity index (χ0) is 9.73. The predicted molar refractivity (Wildman–Crippen MR) is 58.5 cm³/mol. The Morgan fingerprint density at radius 1 is 1.23 bits per heavy atom. The standard InChI is InChI=1S/C12H21N/c1-3-12(4-2)9-6-5-7-11(12)8-10-13/h5-7,9,11H,3-4,8,10,13H2,1-2H3. The molecule has 0 aromatic rings. The highest BCUT2D eigenvalue weighted by molar-refractivity contribution is 5.19. The maximum atomic E-state index is 5.63. The van der Waals surface area contributed by atoms with Gasteiger partial charge in [-0.2, -0.15) is 0 Å². The van der Waals surface area contributed by atoms with Crippen LogP contribution in [0, 0.1) is 11.3 Å². The first kappa shape index (κ1) is 10.5. The van der Waals surface area contributed by atoms with Gasteiger partial charge in [0.25, 0.3) is 0 Å². The molecule has 1 aliphatic rings. The molecule has 1 aliphatic carbocycles. The van der Waals surface area contributed by atoms with Gasteiger partial charge in [0.2, 0.25) is 0 Å². The summed E-state index contributed by atoms with van der Waals surface area (Å²) >= 11 is 0. The van der Waals surface area contributed by atoms with Crippen molar-refractivity contribution in [1.82, 2.24) is 0 Å². The van der Waals surface area contributed by atoms with Crippen LogP contribution in [0.5, 0.6) is 0 Å². The molecule has 1 atom stereocenters. The summed E-state index contributed by atoms with van der Waals surface area (Å²) in [7, 11) is 0. The van der Waals surface area contributed by atoms with Crippen molar-refractivity contribution in [3.05, 3.63) is 24.3 Å². The minimum absolute atomic E-state index is 0.383. The van der Waals surface area contributed by atoms with Crippen molar-refractivity contribution in [1.29, 1.82) is 0 Å². The molecule has 0 bridgehead atoms. The van der Waals surface area contributed by atoms with Crippen LogP contribution in [-0.2, 0) is 0 Å². The fraction of sp³-hybridized carbons (Fsp3) is 0.667. The molecule has 0 amide bonds. The molecule has 0 fully saturated rings. The van der Waals surface area contributed by atoms with Crippen LogP contribution in [0.1, 0.15) is 33.1 Å². The van der Waals surface area contributed by atoms with Crippen molar-refractivity contribution in [2.24, 2.45) is 17.1 Å². The molecule has 1 nitrogen and oxygen atoms in total. The highest BCUT2D eigenvalue weighted by Gasteiger charge is 2.31. The summed E-state index contributed by atoms with van der Waals surface area (Å²) in [6.07, 6.45) is 12.6. The normalized spacial score (nSPS) is 25.0. The summed E-state index contributed by atoms with van der Waals surface area (Å²) in [5.41, 5.74) is 6.01. The van der Waals surface area contributed by atoms with Gasteiger partial charge in [0.15, 0.2) is 0 Å². The Morgan fingerprint density at radius 3 is 2.46 bits per heavy atom. The van der Waals surface area contributed by atoms with E-state index in [1.165, 1.54) is 12.8 Å². The minimum atomic E-state index is 0.383. The molecule has 1 unspecified atom stereocenters. The second-order valence-corrected chi connectivity index (χ2v) is 3.87. The van der Waals surface area contributed by atoms with Gasteiger partial charge in [-0.15, -0.1) is 0 Å². The van der Waals surface area contributed by atoms with Crippen LogP contribution in [0.2, 0.25) is 0 Å². The highest BCUT2D eigenvalue weighted by Crippen LogP contribution is 2.41. The zero-order valence-electron chi connectivity index (χ0n) is 8.79. The molecule has 0 aliphatic heterocycles. The predicted octanol–water partition coefficient (Wildman–Crippen LogP) is 2.88. The molecule has 1 heteroatoms. The van der Waals surface area contributed by atoms with Gasteiger partial charge < -0.3 is 5.73 Å². The molecule has 13 heavy (non-hydrogen) atoms. The summed E-state index contributed by atoms with van der Waals surface area (Å²) in [4.78, 5) is 0. The Morgan fingerprint density at radius 2 is 1.92 bits per heavy atom. The number of hydrogen-bond acceptors (Lipinski definition) is 1. The van der Waals surface area contributed by atoms with Crippen molar-refractivity contribution in [3.63, 3.8) is 0 Å². The average Bonchev–Trinajstić information content (AvgIpc) is 2.20. The molecule has 0 saturated heterocycles. The lowest BCUT2D eigenvalue weighted by Crippen LogP contribution is -2.29. The Bertz CT molecular complexity index is 199. The molecular formula is C12H21N. The SMILES string of the molecule is CCC1(CC)C=CC=CC1CCN. The van der Waals surface area contributed by atoms with E-state index in [-0.39, 0.29) is 0 Å². The lowest BCUT2D eigenvalue weighted by Gasteiger charge is -2.37. The van der Waals surface area contributed by atoms with Gasteiger partial charge in [-0.05, 0) is 37.1 Å². The summed E-state index contributed by atoms with van der Waals surface area (Å²) in [5, 5.41) is 0. The summed E-state index contributed by atoms with van der Waals surface area (Å²) in [6, 6.07) is 0. The molecule has 0 aromatic heterocycles. The molecule has 0 saturated carbocycles. The Kier molecular flexibility index (Phi) is 3.73. The van der Waals surface area contributed by atoms with Crippen molar-refractivity contribution in [2.75, 3.05) is 6.54 Å². The van der Waals surface area contributed by atoms with Gasteiger partial charge in [0, 0.05) is 0 Å². The van der Waals surface area contributed by atoms with Crippen LogP contribution in [0.4, 0.5) is 0 Å². The van der Waals surface area contributed by atoms with Crippen LogP contribution in [0.15, 0.2) is 24.3 Å². The average molecular weight is 179 g/mol. The van der Waals surface area contributed by atoms with Crippen molar-refractivity contribution >= 4 is 0 Å². The van der Waals surface area contributed by atoms with Gasteiger partial charge >= 0.3 is 0 Å². The maximum Gasteiger partial charge on any atom is -0.00570 e. The molecular weight excluding hydrogens is 158 g/mol. The van der Waals surface area contributed by atoms with Gasteiger partial charge in [-0.3, -0.25) is 0 Å². The third-order valence-electron chi connectivity index (χ3n) is 3.42. The topological polar surface area (TPSA) is 26.0 Å². The quantitative estimate of drug-likeness (QED) is 0.705. The van der Waals surface area contributed by atoms with Crippen molar-refractivity contribution < 1.29 is 0 Å². The maximum absolute atomic E-state index is 5.63. The van der Waals surface area contributed by atoms with E-state index in [9.17, 15) is 0 Å². The molecule has 1 rings (SSSR count). The number of rotatable bonds is 4. The van der Waals surface area contributed by atoms with Crippen molar-refractivity contribution in [2.45, 2.75) is 33.1 Å². The van der Waals surface area contributed by atoms with E-state index in [2.05, 4.69) is 38.2 Å². The molecule has 0 aromatic carbocycles. The fourth-order valence-electron chi connectivity index (χ4n) is 2.33. The van der Waals surface area contributed by atoms with Gasteiger partial charge in [-0.25, -0.2) is 0 Å². The van der Waals surface area contributed by atoms with E-state index in [4.69, 9.17) is 5.73 Å². The summed E-state index contributed by atoms with van der Waals surface area (Å²) in [6.45, 7) is 5.34. The third kappa shape index (κ3) is 2.02. The van der Waals surface area contributed by atoms with E-state index in [1.807, 2.05) is 0 Å². The zero-order valence-corrected chi connectivity index (χ0v) is 8.79. The van der Waals surface area contributed by atoms with Crippen LogP contribution >= 0.6 is 0 Å². The van der Waals surface area contributed by atoms with E-state index >= 15 is 0 Å². The summed E-state index contributed by atoms with van der Waals surface area (Å²) in [5.74, 6) is 0.650. The number of hydrogen-bond donors (Lipinski definition) is 1. The Balaban J connectivity index is 2.78. The molecule has 0 spiro atoms. The second kappa shape index (κ2) is 4.61. The second-order valence-electron chi connectivity index (χ2n) is 3.87. The van der Waals surface area contributed by atoms with E-state index in [0.29, 0.717) is 11.3 Å². The lowest BCUT2D eigenvalue weighted by molar-refractivity contribution is 0.241. The largest absolute Gasteiger partial charge is 0.330 e. The third-order valence-corrected chi connectivity index (χ3v) is 3.42. The van der Waals surface area contributed by atoms with E-state index < -0.39 is 0 Å². The number of nitrogens with two attached hydrogens (primary N) is 1. The van der Waals surface area contributed by atoms with Gasteiger partial charge in [-0.1, -0.05) is 38.2 Å². The van der Waals surface area contributed by atoms with E-state index in [1.54, 1.807) is 0 Å². The smallest absolute Gasteiger partial charge is 0.00570 e.